The van der Waals surface area contributed by atoms with Gasteiger partial charge in [0.25, 0.3) is 0 Å². The van der Waals surface area contributed by atoms with Gasteiger partial charge in [0.2, 0.25) is 5.91 Å². The number of benzene rings is 2. The molecule has 2 aromatic rings. The highest BCUT2D eigenvalue weighted by atomic mass is 79.9. The van der Waals surface area contributed by atoms with Crippen LogP contribution in [-0.4, -0.2) is 37.6 Å². The van der Waals surface area contributed by atoms with Gasteiger partial charge in [-0.25, -0.2) is 0 Å². The standard InChI is InChI=1S/C18H20BrClN2O2/c1-13-11-14(19)7-8-16(13)21-18(23)12-22(2)9-10-24-17-6-4-3-5-15(17)20/h3-8,11H,9-10,12H2,1-2H3,(H,21,23). The smallest absolute Gasteiger partial charge is 0.238 e. The molecule has 6 heteroatoms. The summed E-state index contributed by atoms with van der Waals surface area (Å²) in [6.45, 7) is 3.34. The number of amides is 1. The van der Waals surface area contributed by atoms with Gasteiger partial charge in [0.05, 0.1) is 11.6 Å². The first-order valence-electron chi connectivity index (χ1n) is 7.57. The van der Waals surface area contributed by atoms with Crippen molar-refractivity contribution in [3.63, 3.8) is 0 Å². The molecule has 0 fully saturated rings. The summed E-state index contributed by atoms with van der Waals surface area (Å²) in [5.74, 6) is 0.600. The van der Waals surface area contributed by atoms with Crippen LogP contribution in [0.1, 0.15) is 5.56 Å². The van der Waals surface area contributed by atoms with E-state index < -0.39 is 0 Å². The Morgan fingerprint density at radius 2 is 2.04 bits per heavy atom. The van der Waals surface area contributed by atoms with Crippen molar-refractivity contribution in [3.8, 4) is 5.75 Å². The Morgan fingerprint density at radius 1 is 1.29 bits per heavy atom. The quantitative estimate of drug-likeness (QED) is 0.736. The molecule has 1 amide bonds. The van der Waals surface area contributed by atoms with Crippen molar-refractivity contribution in [3.05, 3.63) is 57.5 Å². The van der Waals surface area contributed by atoms with E-state index in [4.69, 9.17) is 16.3 Å². The first-order chi connectivity index (χ1) is 11.5. The molecule has 0 saturated heterocycles. The number of hydrogen-bond acceptors (Lipinski definition) is 3. The molecule has 1 N–H and O–H groups in total. The summed E-state index contributed by atoms with van der Waals surface area (Å²) in [6.07, 6.45) is 0. The summed E-state index contributed by atoms with van der Waals surface area (Å²) in [5.41, 5.74) is 1.84. The second kappa shape index (κ2) is 9.06. The number of nitrogens with zero attached hydrogens (tertiary/aromatic N) is 1. The number of carbonyl (C=O) groups is 1. The molecule has 0 aliphatic carbocycles. The summed E-state index contributed by atoms with van der Waals surface area (Å²) < 4.78 is 6.62. The summed E-state index contributed by atoms with van der Waals surface area (Å²) in [7, 11) is 1.88. The third-order valence-corrected chi connectivity index (χ3v) is 4.25. The van der Waals surface area contributed by atoms with Gasteiger partial charge in [-0.1, -0.05) is 39.7 Å². The fourth-order valence-electron chi connectivity index (χ4n) is 2.15. The zero-order valence-electron chi connectivity index (χ0n) is 13.7. The van der Waals surface area contributed by atoms with Crippen LogP contribution in [0.25, 0.3) is 0 Å². The van der Waals surface area contributed by atoms with E-state index in [9.17, 15) is 4.79 Å². The number of para-hydroxylation sites is 1. The topological polar surface area (TPSA) is 41.6 Å². The van der Waals surface area contributed by atoms with Gasteiger partial charge in [-0.05, 0) is 49.9 Å². The molecule has 0 saturated carbocycles. The Hall–Kier alpha value is -1.56. The summed E-state index contributed by atoms with van der Waals surface area (Å²) in [5, 5.41) is 3.51. The number of rotatable bonds is 7. The van der Waals surface area contributed by atoms with Gasteiger partial charge in [0.1, 0.15) is 12.4 Å². The van der Waals surface area contributed by atoms with Crippen LogP contribution in [0.5, 0.6) is 5.75 Å². The minimum absolute atomic E-state index is 0.0549. The number of carbonyl (C=O) groups excluding carboxylic acids is 1. The maximum atomic E-state index is 12.1. The molecule has 4 nitrogen and oxygen atoms in total. The van der Waals surface area contributed by atoms with Crippen molar-refractivity contribution in [2.45, 2.75) is 6.92 Å². The maximum Gasteiger partial charge on any atom is 0.238 e. The van der Waals surface area contributed by atoms with Crippen LogP contribution in [0, 0.1) is 6.92 Å². The molecule has 24 heavy (non-hydrogen) atoms. The number of hydrogen-bond donors (Lipinski definition) is 1. The highest BCUT2D eigenvalue weighted by Crippen LogP contribution is 2.23. The lowest BCUT2D eigenvalue weighted by Gasteiger charge is -2.17. The molecular formula is C18H20BrClN2O2. The number of anilines is 1. The SMILES string of the molecule is Cc1cc(Br)ccc1NC(=O)CN(C)CCOc1ccccc1Cl. The van der Waals surface area contributed by atoms with Gasteiger partial charge in [-0.3, -0.25) is 9.69 Å². The molecular weight excluding hydrogens is 392 g/mol. The van der Waals surface area contributed by atoms with Crippen molar-refractivity contribution in [2.75, 3.05) is 32.1 Å². The Kier molecular flexibility index (Phi) is 7.09. The van der Waals surface area contributed by atoms with E-state index >= 15 is 0 Å². The fourth-order valence-corrected chi connectivity index (χ4v) is 2.82. The van der Waals surface area contributed by atoms with Crippen LogP contribution in [0.3, 0.4) is 0 Å². The minimum Gasteiger partial charge on any atom is -0.491 e. The van der Waals surface area contributed by atoms with E-state index in [1.54, 1.807) is 6.07 Å². The van der Waals surface area contributed by atoms with Crippen LogP contribution < -0.4 is 10.1 Å². The van der Waals surface area contributed by atoms with Gasteiger partial charge >= 0.3 is 0 Å². The number of nitrogens with one attached hydrogen (secondary N) is 1. The van der Waals surface area contributed by atoms with Crippen molar-refractivity contribution >= 4 is 39.1 Å². The van der Waals surface area contributed by atoms with Gasteiger partial charge in [-0.15, -0.1) is 0 Å². The van der Waals surface area contributed by atoms with E-state index in [1.165, 1.54) is 0 Å². The lowest BCUT2D eigenvalue weighted by molar-refractivity contribution is -0.117. The highest BCUT2D eigenvalue weighted by Gasteiger charge is 2.09. The number of aryl methyl sites for hydroxylation is 1. The number of ether oxygens (including phenoxy) is 1. The third-order valence-electron chi connectivity index (χ3n) is 3.44. The highest BCUT2D eigenvalue weighted by molar-refractivity contribution is 9.10. The van der Waals surface area contributed by atoms with Gasteiger partial charge in [0, 0.05) is 16.7 Å². The Balaban J connectivity index is 1.76. The molecule has 0 aliphatic heterocycles. The lowest BCUT2D eigenvalue weighted by atomic mass is 10.2. The van der Waals surface area contributed by atoms with Crippen molar-refractivity contribution in [1.82, 2.24) is 4.90 Å². The molecule has 2 rings (SSSR count). The molecule has 128 valence electrons. The van der Waals surface area contributed by atoms with E-state index in [2.05, 4.69) is 21.2 Å². The van der Waals surface area contributed by atoms with E-state index in [1.807, 2.05) is 55.3 Å². The van der Waals surface area contributed by atoms with Crippen LogP contribution in [0.4, 0.5) is 5.69 Å². The maximum absolute atomic E-state index is 12.1. The molecule has 0 spiro atoms. The van der Waals surface area contributed by atoms with Crippen molar-refractivity contribution in [1.29, 1.82) is 0 Å². The van der Waals surface area contributed by atoms with Gasteiger partial charge in [0.15, 0.2) is 0 Å². The molecule has 2 aromatic carbocycles. The lowest BCUT2D eigenvalue weighted by Crippen LogP contribution is -2.33. The molecule has 0 aliphatic rings. The Labute approximate surface area is 155 Å². The predicted octanol–water partition coefficient (Wildman–Crippen LogP) is 4.36. The Morgan fingerprint density at radius 3 is 2.75 bits per heavy atom. The Bertz CT molecular complexity index is 709. The average Bonchev–Trinajstić information content (AvgIpc) is 2.52. The molecule has 0 aromatic heterocycles. The van der Waals surface area contributed by atoms with Crippen molar-refractivity contribution < 1.29 is 9.53 Å². The largest absolute Gasteiger partial charge is 0.491 e. The first-order valence-corrected chi connectivity index (χ1v) is 8.74. The van der Waals surface area contributed by atoms with Crippen LogP contribution in [-0.2, 0) is 4.79 Å². The summed E-state index contributed by atoms with van der Waals surface area (Å²) in [4.78, 5) is 14.0. The monoisotopic (exact) mass is 410 g/mol. The zero-order valence-corrected chi connectivity index (χ0v) is 16.0. The van der Waals surface area contributed by atoms with Crippen LogP contribution >= 0.6 is 27.5 Å². The minimum atomic E-state index is -0.0549. The van der Waals surface area contributed by atoms with Gasteiger partial charge < -0.3 is 10.1 Å². The summed E-state index contributed by atoms with van der Waals surface area (Å²) in [6, 6.07) is 13.1. The molecule has 0 atom stereocenters. The van der Waals surface area contributed by atoms with Crippen molar-refractivity contribution in [2.24, 2.45) is 0 Å². The summed E-state index contributed by atoms with van der Waals surface area (Å²) >= 11 is 9.45. The normalized spacial score (nSPS) is 10.7. The average molecular weight is 412 g/mol. The van der Waals surface area contributed by atoms with E-state index in [0.29, 0.717) is 30.5 Å². The zero-order chi connectivity index (χ0) is 17.5. The fraction of sp³-hybridized carbons (Fsp3) is 0.278. The first kappa shape index (κ1) is 18.8. The number of likely N-dealkylation sites (N-methyl/N-ethyl adjacent to an activating group) is 1. The molecule has 0 heterocycles. The van der Waals surface area contributed by atoms with E-state index in [-0.39, 0.29) is 5.91 Å². The molecule has 0 bridgehead atoms. The number of halogens is 2. The second-order valence-corrected chi connectivity index (χ2v) is 6.85. The molecule has 0 unspecified atom stereocenters. The van der Waals surface area contributed by atoms with Crippen LogP contribution in [0.2, 0.25) is 5.02 Å². The van der Waals surface area contributed by atoms with Gasteiger partial charge in [-0.2, -0.15) is 0 Å². The molecule has 0 radical (unpaired) electrons. The van der Waals surface area contributed by atoms with Crippen LogP contribution in [0.15, 0.2) is 46.9 Å². The predicted molar refractivity (Wildman–Crippen MR) is 102 cm³/mol. The second-order valence-electron chi connectivity index (χ2n) is 5.52. The third kappa shape index (κ3) is 5.82. The van der Waals surface area contributed by atoms with E-state index in [0.717, 1.165) is 15.7 Å².